The van der Waals surface area contributed by atoms with Crippen molar-refractivity contribution in [3.8, 4) is 23.1 Å². The van der Waals surface area contributed by atoms with E-state index in [1.54, 1.807) is 13.0 Å². The maximum absolute atomic E-state index is 14.5. The SMILES string of the molecule is CC1(C#N)CCc2nc(-c3cc(F)c(OCOCC[Si](C)(C)C)c(F)c3)ccc2C1=O. The third-order valence-electron chi connectivity index (χ3n) is 5.41. The fraction of sp³-hybridized carbons (Fsp3) is 0.435. The van der Waals surface area contributed by atoms with Crippen LogP contribution in [0.1, 0.15) is 29.4 Å². The van der Waals surface area contributed by atoms with Crippen LogP contribution in [-0.2, 0) is 11.2 Å². The number of ketones is 1. The first-order valence-electron chi connectivity index (χ1n) is 10.2. The number of Topliss-reactive ketones (excluding diaryl/α,β-unsaturated/α-hetero) is 1. The number of carbonyl (C=O) groups is 1. The molecule has 1 aliphatic rings. The average Bonchev–Trinajstić information content (AvgIpc) is 2.71. The molecule has 1 unspecified atom stereocenters. The van der Waals surface area contributed by atoms with Crippen molar-refractivity contribution in [3.05, 3.63) is 47.2 Å². The van der Waals surface area contributed by atoms with E-state index in [0.29, 0.717) is 36.4 Å². The van der Waals surface area contributed by atoms with Gasteiger partial charge < -0.3 is 9.47 Å². The first-order valence-corrected chi connectivity index (χ1v) is 13.9. The second-order valence-corrected chi connectivity index (χ2v) is 14.8. The van der Waals surface area contributed by atoms with Crippen LogP contribution < -0.4 is 4.74 Å². The highest BCUT2D eigenvalue weighted by atomic mass is 28.3. The third-order valence-corrected chi connectivity index (χ3v) is 7.11. The molecule has 1 atom stereocenters. The lowest BCUT2D eigenvalue weighted by atomic mass is 9.74. The van der Waals surface area contributed by atoms with Gasteiger partial charge >= 0.3 is 0 Å². The molecule has 0 fully saturated rings. The Kier molecular flexibility index (Phi) is 6.58. The van der Waals surface area contributed by atoms with E-state index in [-0.39, 0.29) is 18.1 Å². The van der Waals surface area contributed by atoms with E-state index in [0.717, 1.165) is 18.2 Å². The Morgan fingerprint density at radius 3 is 2.52 bits per heavy atom. The molecular formula is C23H26F2N2O3Si. The second kappa shape index (κ2) is 8.85. The predicted octanol–water partition coefficient (Wildman–Crippen LogP) is 5.38. The van der Waals surface area contributed by atoms with Crippen molar-refractivity contribution in [3.63, 3.8) is 0 Å². The number of nitrogens with zero attached hydrogens (tertiary/aromatic N) is 2. The number of nitriles is 1. The number of hydrogen-bond acceptors (Lipinski definition) is 5. The minimum Gasteiger partial charge on any atom is -0.461 e. The molecule has 1 aliphatic carbocycles. The van der Waals surface area contributed by atoms with E-state index < -0.39 is 30.9 Å². The van der Waals surface area contributed by atoms with Crippen LogP contribution >= 0.6 is 0 Å². The van der Waals surface area contributed by atoms with Gasteiger partial charge in [0, 0.05) is 25.8 Å². The molecule has 0 saturated heterocycles. The first kappa shape index (κ1) is 23.0. The normalized spacial score (nSPS) is 18.4. The zero-order valence-corrected chi connectivity index (χ0v) is 19.2. The summed E-state index contributed by atoms with van der Waals surface area (Å²) in [6, 6.07) is 8.41. The highest BCUT2D eigenvalue weighted by Crippen LogP contribution is 2.35. The van der Waals surface area contributed by atoms with Gasteiger partial charge in [0.2, 0.25) is 0 Å². The van der Waals surface area contributed by atoms with Crippen molar-refractivity contribution < 1.29 is 23.0 Å². The van der Waals surface area contributed by atoms with Gasteiger partial charge in [-0.2, -0.15) is 5.26 Å². The molecule has 1 heterocycles. The molecule has 0 aliphatic heterocycles. The zero-order valence-electron chi connectivity index (χ0n) is 18.2. The Morgan fingerprint density at radius 1 is 1.23 bits per heavy atom. The lowest BCUT2D eigenvalue weighted by Gasteiger charge is -2.26. The lowest BCUT2D eigenvalue weighted by molar-refractivity contribution is 0.0173. The quantitative estimate of drug-likeness (QED) is 0.326. The van der Waals surface area contributed by atoms with Crippen molar-refractivity contribution >= 4 is 13.9 Å². The monoisotopic (exact) mass is 444 g/mol. The van der Waals surface area contributed by atoms with E-state index in [2.05, 4.69) is 30.7 Å². The predicted molar refractivity (Wildman–Crippen MR) is 116 cm³/mol. The summed E-state index contributed by atoms with van der Waals surface area (Å²) in [5, 5.41) is 9.30. The van der Waals surface area contributed by atoms with Gasteiger partial charge in [0.1, 0.15) is 5.41 Å². The molecule has 1 aromatic carbocycles. The van der Waals surface area contributed by atoms with E-state index in [9.17, 15) is 18.8 Å². The maximum Gasteiger partial charge on any atom is 0.193 e. The molecule has 0 N–H and O–H groups in total. The Morgan fingerprint density at radius 2 is 1.90 bits per heavy atom. The maximum atomic E-state index is 14.5. The number of carbonyl (C=O) groups excluding carboxylic acids is 1. The standard InChI is InChI=1S/C23H26F2N2O3Si/c1-23(13-26)8-7-20-16(22(23)28)5-6-19(27-20)15-11-17(24)21(18(25)12-15)30-14-29-9-10-31(2,3)4/h5-6,11-12H,7-10,14H2,1-4H3. The average molecular weight is 445 g/mol. The number of hydrogen-bond donors (Lipinski definition) is 0. The molecule has 2 aromatic rings. The van der Waals surface area contributed by atoms with Crippen molar-refractivity contribution in [2.45, 2.75) is 45.5 Å². The number of ether oxygens (including phenoxy) is 2. The summed E-state index contributed by atoms with van der Waals surface area (Å²) in [7, 11) is -1.25. The van der Waals surface area contributed by atoms with Crippen LogP contribution in [0.3, 0.4) is 0 Å². The van der Waals surface area contributed by atoms with Crippen LogP contribution in [0.5, 0.6) is 5.75 Å². The largest absolute Gasteiger partial charge is 0.461 e. The first-order chi connectivity index (χ1) is 14.5. The molecule has 1 aromatic heterocycles. The minimum absolute atomic E-state index is 0.228. The topological polar surface area (TPSA) is 72.2 Å². The summed E-state index contributed by atoms with van der Waals surface area (Å²) in [4.78, 5) is 17.0. The van der Waals surface area contributed by atoms with Crippen LogP contribution in [0.2, 0.25) is 25.7 Å². The molecule has 0 saturated carbocycles. The molecule has 0 amide bonds. The molecular weight excluding hydrogens is 418 g/mol. The van der Waals surface area contributed by atoms with Gasteiger partial charge in [-0.1, -0.05) is 19.6 Å². The van der Waals surface area contributed by atoms with Crippen molar-refractivity contribution in [1.82, 2.24) is 4.98 Å². The van der Waals surface area contributed by atoms with Crippen LogP contribution in [0.25, 0.3) is 11.3 Å². The van der Waals surface area contributed by atoms with Gasteiger partial charge in [-0.25, -0.2) is 8.78 Å². The summed E-state index contributed by atoms with van der Waals surface area (Å²) >= 11 is 0. The summed E-state index contributed by atoms with van der Waals surface area (Å²) < 4.78 is 39.5. The molecule has 164 valence electrons. The minimum atomic E-state index is -1.25. The van der Waals surface area contributed by atoms with Gasteiger partial charge in [-0.05, 0) is 50.1 Å². The summed E-state index contributed by atoms with van der Waals surface area (Å²) in [5.41, 5.74) is 0.446. The highest BCUT2D eigenvalue weighted by molar-refractivity contribution is 6.76. The Balaban J connectivity index is 1.75. The number of aryl methyl sites for hydroxylation is 1. The van der Waals surface area contributed by atoms with Gasteiger partial charge in [-0.3, -0.25) is 9.78 Å². The molecule has 0 bridgehead atoms. The highest BCUT2D eigenvalue weighted by Gasteiger charge is 2.39. The Labute approximate surface area is 182 Å². The summed E-state index contributed by atoms with van der Waals surface area (Å²) in [6.07, 6.45) is 0.804. The van der Waals surface area contributed by atoms with Crippen molar-refractivity contribution in [1.29, 1.82) is 5.26 Å². The van der Waals surface area contributed by atoms with Crippen LogP contribution in [-0.4, -0.2) is 32.2 Å². The number of rotatable bonds is 7. The van der Waals surface area contributed by atoms with Crippen molar-refractivity contribution in [2.24, 2.45) is 5.41 Å². The molecule has 31 heavy (non-hydrogen) atoms. The van der Waals surface area contributed by atoms with Crippen LogP contribution in [0.4, 0.5) is 8.78 Å². The van der Waals surface area contributed by atoms with Crippen LogP contribution in [0, 0.1) is 28.4 Å². The smallest absolute Gasteiger partial charge is 0.193 e. The molecule has 0 spiro atoms. The second-order valence-electron chi connectivity index (χ2n) is 9.21. The van der Waals surface area contributed by atoms with Gasteiger partial charge in [0.05, 0.1) is 17.5 Å². The Bertz CT molecular complexity index is 1020. The summed E-state index contributed by atoms with van der Waals surface area (Å²) in [5.74, 6) is -2.46. The van der Waals surface area contributed by atoms with Gasteiger partial charge in [0.15, 0.2) is 30.0 Å². The lowest BCUT2D eigenvalue weighted by Crippen LogP contribution is -2.32. The van der Waals surface area contributed by atoms with Gasteiger partial charge in [-0.15, -0.1) is 0 Å². The third kappa shape index (κ3) is 5.17. The van der Waals surface area contributed by atoms with Gasteiger partial charge in [0.25, 0.3) is 0 Å². The number of fused-ring (bicyclic) bond motifs is 1. The number of halogens is 2. The van der Waals surface area contributed by atoms with E-state index in [1.807, 2.05) is 0 Å². The molecule has 3 rings (SSSR count). The van der Waals surface area contributed by atoms with Crippen molar-refractivity contribution in [2.75, 3.05) is 13.4 Å². The fourth-order valence-corrected chi connectivity index (χ4v) is 4.09. The van der Waals surface area contributed by atoms with E-state index in [4.69, 9.17) is 9.47 Å². The number of pyridine rings is 1. The Hall–Kier alpha value is -2.63. The fourth-order valence-electron chi connectivity index (χ4n) is 3.33. The zero-order chi connectivity index (χ0) is 22.8. The number of benzene rings is 1. The van der Waals surface area contributed by atoms with E-state index in [1.165, 1.54) is 6.07 Å². The molecule has 5 nitrogen and oxygen atoms in total. The van der Waals surface area contributed by atoms with E-state index >= 15 is 0 Å². The summed E-state index contributed by atoms with van der Waals surface area (Å²) in [6.45, 7) is 8.50. The molecule has 0 radical (unpaired) electrons. The number of aromatic nitrogens is 1. The van der Waals surface area contributed by atoms with Crippen LogP contribution in [0.15, 0.2) is 24.3 Å². The molecule has 8 heteroatoms.